The Labute approximate surface area is 201 Å². The van der Waals surface area contributed by atoms with Crippen LogP contribution in [-0.4, -0.2) is 27.3 Å². The predicted molar refractivity (Wildman–Crippen MR) is 135 cm³/mol. The zero-order valence-corrected chi connectivity index (χ0v) is 20.5. The van der Waals surface area contributed by atoms with Crippen molar-refractivity contribution < 1.29 is 0 Å². The summed E-state index contributed by atoms with van der Waals surface area (Å²) in [5, 5.41) is 15.4. The van der Waals surface area contributed by atoms with Crippen molar-refractivity contribution in [2.24, 2.45) is 17.5 Å². The summed E-state index contributed by atoms with van der Waals surface area (Å²) in [6, 6.07) is 21.1. The van der Waals surface area contributed by atoms with Crippen molar-refractivity contribution in [3.8, 4) is 0 Å². The summed E-state index contributed by atoms with van der Waals surface area (Å²) in [6.07, 6.45) is 3.61. The van der Waals surface area contributed by atoms with Crippen LogP contribution in [0.2, 0.25) is 0 Å². The van der Waals surface area contributed by atoms with Crippen molar-refractivity contribution in [1.82, 2.24) is 25.4 Å². The van der Waals surface area contributed by atoms with Crippen molar-refractivity contribution in [2.45, 2.75) is 39.3 Å². The third-order valence-corrected chi connectivity index (χ3v) is 5.87. The fourth-order valence-electron chi connectivity index (χ4n) is 3.59. The summed E-state index contributed by atoms with van der Waals surface area (Å²) < 4.78 is 2.00. The summed E-state index contributed by atoms with van der Waals surface area (Å²) in [5.41, 5.74) is 2.93. The van der Waals surface area contributed by atoms with E-state index in [1.165, 1.54) is 24.0 Å². The van der Waals surface area contributed by atoms with E-state index in [1.54, 1.807) is 0 Å². The lowest BCUT2D eigenvalue weighted by Gasteiger charge is -2.19. The summed E-state index contributed by atoms with van der Waals surface area (Å²) in [5.74, 6) is 2.62. The Bertz CT molecular complexity index is 980. The molecule has 2 aromatic carbocycles. The smallest absolute Gasteiger partial charge is 0.191 e. The number of aryl methyl sites for hydroxylation is 1. The van der Waals surface area contributed by atoms with E-state index < -0.39 is 0 Å². The Hall–Kier alpha value is -2.42. The molecular formula is C24H31IN6. The van der Waals surface area contributed by atoms with Crippen LogP contribution in [0.15, 0.2) is 65.7 Å². The van der Waals surface area contributed by atoms with Gasteiger partial charge in [0.2, 0.25) is 0 Å². The quantitative estimate of drug-likeness (QED) is 0.263. The first-order chi connectivity index (χ1) is 14.6. The zero-order valence-electron chi connectivity index (χ0n) is 18.2. The molecule has 3 aromatic rings. The van der Waals surface area contributed by atoms with Gasteiger partial charge in [-0.15, -0.1) is 34.2 Å². The van der Waals surface area contributed by atoms with Gasteiger partial charge in [-0.1, -0.05) is 60.7 Å². The van der Waals surface area contributed by atoms with Gasteiger partial charge in [0.15, 0.2) is 11.8 Å². The van der Waals surface area contributed by atoms with Gasteiger partial charge in [0.1, 0.15) is 5.82 Å². The number of halogens is 1. The highest BCUT2D eigenvalue weighted by atomic mass is 127. The highest BCUT2D eigenvalue weighted by molar-refractivity contribution is 14.0. The SMILES string of the molecule is Cc1nnc(CNC(=NCc2ccccc2)NCC2(Cc3ccccc3)CC2)n1C.I. The van der Waals surface area contributed by atoms with Gasteiger partial charge in [0.05, 0.1) is 13.1 Å². The van der Waals surface area contributed by atoms with Crippen molar-refractivity contribution >= 4 is 29.9 Å². The second kappa shape index (κ2) is 10.7. The first kappa shape index (κ1) is 23.2. The van der Waals surface area contributed by atoms with Crippen LogP contribution >= 0.6 is 24.0 Å². The molecule has 1 aliphatic rings. The fourth-order valence-corrected chi connectivity index (χ4v) is 3.59. The highest BCUT2D eigenvalue weighted by Crippen LogP contribution is 2.47. The van der Waals surface area contributed by atoms with Crippen LogP contribution in [0.4, 0.5) is 0 Å². The molecule has 0 unspecified atom stereocenters. The maximum atomic E-state index is 4.82. The van der Waals surface area contributed by atoms with Gasteiger partial charge in [-0.2, -0.15) is 0 Å². The molecule has 1 fully saturated rings. The van der Waals surface area contributed by atoms with Gasteiger partial charge in [-0.25, -0.2) is 4.99 Å². The van der Waals surface area contributed by atoms with Crippen LogP contribution in [-0.2, 0) is 26.6 Å². The van der Waals surface area contributed by atoms with Gasteiger partial charge in [0.25, 0.3) is 0 Å². The van der Waals surface area contributed by atoms with Crippen LogP contribution in [0.25, 0.3) is 0 Å². The van der Waals surface area contributed by atoms with Crippen LogP contribution < -0.4 is 10.6 Å². The Morgan fingerprint density at radius 2 is 1.61 bits per heavy atom. The monoisotopic (exact) mass is 530 g/mol. The van der Waals surface area contributed by atoms with E-state index in [-0.39, 0.29) is 24.0 Å². The third kappa shape index (κ3) is 6.53. The van der Waals surface area contributed by atoms with E-state index in [2.05, 4.69) is 63.3 Å². The Morgan fingerprint density at radius 1 is 0.968 bits per heavy atom. The van der Waals surface area contributed by atoms with Crippen molar-refractivity contribution in [1.29, 1.82) is 0 Å². The maximum absolute atomic E-state index is 4.82. The molecule has 6 nitrogen and oxygen atoms in total. The lowest BCUT2D eigenvalue weighted by Crippen LogP contribution is -2.41. The van der Waals surface area contributed by atoms with Crippen molar-refractivity contribution in [3.05, 3.63) is 83.4 Å². The number of nitrogens with one attached hydrogen (secondary N) is 2. The molecule has 0 spiro atoms. The second-order valence-electron chi connectivity index (χ2n) is 8.24. The first-order valence-electron chi connectivity index (χ1n) is 10.6. The number of hydrogen-bond donors (Lipinski definition) is 2. The largest absolute Gasteiger partial charge is 0.356 e. The first-order valence-corrected chi connectivity index (χ1v) is 10.6. The van der Waals surface area contributed by atoms with Gasteiger partial charge in [-0.05, 0) is 42.7 Å². The number of hydrogen-bond acceptors (Lipinski definition) is 3. The summed E-state index contributed by atoms with van der Waals surface area (Å²) in [4.78, 5) is 4.82. The number of guanidine groups is 1. The number of aromatic nitrogens is 3. The lowest BCUT2D eigenvalue weighted by molar-refractivity contribution is 0.491. The second-order valence-corrected chi connectivity index (χ2v) is 8.24. The number of benzene rings is 2. The molecule has 0 aliphatic heterocycles. The number of aliphatic imine (C=N–C) groups is 1. The minimum Gasteiger partial charge on any atom is -0.356 e. The molecule has 1 aromatic heterocycles. The molecule has 31 heavy (non-hydrogen) atoms. The Kier molecular flexibility index (Phi) is 8.06. The minimum absolute atomic E-state index is 0. The molecule has 164 valence electrons. The molecule has 4 rings (SSSR count). The summed E-state index contributed by atoms with van der Waals surface area (Å²) in [7, 11) is 1.99. The Morgan fingerprint density at radius 3 is 2.19 bits per heavy atom. The molecule has 2 N–H and O–H groups in total. The van der Waals surface area contributed by atoms with Crippen LogP contribution in [0.5, 0.6) is 0 Å². The van der Waals surface area contributed by atoms with Gasteiger partial charge >= 0.3 is 0 Å². The average Bonchev–Trinajstić information content (AvgIpc) is 3.47. The van der Waals surface area contributed by atoms with Crippen LogP contribution in [0.3, 0.4) is 0 Å². The van der Waals surface area contributed by atoms with Gasteiger partial charge in [-0.3, -0.25) is 0 Å². The topological polar surface area (TPSA) is 67.1 Å². The lowest BCUT2D eigenvalue weighted by atomic mass is 9.96. The predicted octanol–water partition coefficient (Wildman–Crippen LogP) is 4.00. The molecule has 1 aliphatic carbocycles. The summed E-state index contributed by atoms with van der Waals surface area (Å²) >= 11 is 0. The molecular weight excluding hydrogens is 499 g/mol. The van der Waals surface area contributed by atoms with E-state index in [9.17, 15) is 0 Å². The molecule has 0 amide bonds. The van der Waals surface area contributed by atoms with E-state index in [1.807, 2.05) is 36.7 Å². The minimum atomic E-state index is 0. The van der Waals surface area contributed by atoms with Crippen molar-refractivity contribution in [2.75, 3.05) is 6.54 Å². The molecule has 0 atom stereocenters. The summed E-state index contributed by atoms with van der Waals surface area (Å²) in [6.45, 7) is 4.10. The van der Waals surface area contributed by atoms with Gasteiger partial charge in [0, 0.05) is 13.6 Å². The number of rotatable bonds is 8. The highest BCUT2D eigenvalue weighted by Gasteiger charge is 2.42. The van der Waals surface area contributed by atoms with E-state index in [0.29, 0.717) is 18.5 Å². The van der Waals surface area contributed by atoms with Crippen LogP contribution in [0.1, 0.15) is 35.6 Å². The zero-order chi connectivity index (χ0) is 20.8. The van der Waals surface area contributed by atoms with Crippen LogP contribution in [0, 0.1) is 12.3 Å². The van der Waals surface area contributed by atoms with E-state index >= 15 is 0 Å². The van der Waals surface area contributed by atoms with Crippen molar-refractivity contribution in [3.63, 3.8) is 0 Å². The fraction of sp³-hybridized carbons (Fsp3) is 0.375. The molecule has 0 saturated heterocycles. The standard InChI is InChI=1S/C24H30N6.HI/c1-19-28-29-22(30(19)2)17-26-23(25-16-21-11-7-4-8-12-21)27-18-24(13-14-24)15-20-9-5-3-6-10-20;/h3-12H,13-18H2,1-2H3,(H2,25,26,27);1H. The molecule has 1 heterocycles. The Balaban J connectivity index is 0.00000272. The molecule has 7 heteroatoms. The third-order valence-electron chi connectivity index (χ3n) is 5.87. The molecule has 0 radical (unpaired) electrons. The van der Waals surface area contributed by atoms with Gasteiger partial charge < -0.3 is 15.2 Å². The van der Waals surface area contributed by atoms with E-state index in [4.69, 9.17) is 4.99 Å². The maximum Gasteiger partial charge on any atom is 0.191 e. The molecule has 0 bridgehead atoms. The number of nitrogens with zero attached hydrogens (tertiary/aromatic N) is 4. The average molecular weight is 530 g/mol. The van der Waals surface area contributed by atoms with E-state index in [0.717, 1.165) is 30.6 Å². The molecule has 1 saturated carbocycles. The normalized spacial score (nSPS) is 14.6.